The molecule has 0 saturated heterocycles. The Morgan fingerprint density at radius 1 is 1.38 bits per heavy atom. The summed E-state index contributed by atoms with van der Waals surface area (Å²) in [6.45, 7) is 8.93. The van der Waals surface area contributed by atoms with Gasteiger partial charge in [-0.2, -0.15) is 0 Å². The summed E-state index contributed by atoms with van der Waals surface area (Å²) < 4.78 is 6.71. The average Bonchev–Trinajstić information content (AvgIpc) is 2.80. The zero-order chi connectivity index (χ0) is 15.6. The molecule has 0 aliphatic rings. The molecule has 0 saturated carbocycles. The quantitative estimate of drug-likeness (QED) is 0.785. The highest BCUT2D eigenvalue weighted by Crippen LogP contribution is 2.12. The topological polar surface area (TPSA) is 59.7 Å². The maximum Gasteiger partial charge on any atom is 0.319 e. The van der Waals surface area contributed by atoms with Crippen LogP contribution in [0.4, 0.5) is 0 Å². The third kappa shape index (κ3) is 3.58. The normalized spacial score (nSPS) is 11.6. The Hall–Kier alpha value is -1.95. The Bertz CT molecular complexity index is 648. The summed E-state index contributed by atoms with van der Waals surface area (Å²) in [6, 6.07) is 2.25. The summed E-state index contributed by atoms with van der Waals surface area (Å²) in [7, 11) is 1.40. The summed E-state index contributed by atoms with van der Waals surface area (Å²) in [6.07, 6.45) is 1.98. The van der Waals surface area contributed by atoms with E-state index >= 15 is 0 Å². The Balaban J connectivity index is 2.24. The van der Waals surface area contributed by atoms with Gasteiger partial charge in [0.25, 0.3) is 0 Å². The molecule has 2 aromatic heterocycles. The van der Waals surface area contributed by atoms with Gasteiger partial charge in [-0.25, -0.2) is 9.97 Å². The van der Waals surface area contributed by atoms with Crippen molar-refractivity contribution in [3.63, 3.8) is 0 Å². The summed E-state index contributed by atoms with van der Waals surface area (Å²) in [5, 5.41) is 0. The summed E-state index contributed by atoms with van der Waals surface area (Å²) >= 11 is 0. The molecule has 0 atom stereocenters. The first-order valence-electron chi connectivity index (χ1n) is 7.03. The van der Waals surface area contributed by atoms with Crippen LogP contribution < -0.4 is 0 Å². The number of carbonyl (C=O) groups excluding carboxylic acids is 1. The number of hydrogen-bond acceptors (Lipinski definition) is 5. The third-order valence-corrected chi connectivity index (χ3v) is 3.47. The summed E-state index contributed by atoms with van der Waals surface area (Å²) in [4.78, 5) is 22.5. The van der Waals surface area contributed by atoms with Crippen LogP contribution in [0.5, 0.6) is 0 Å². The molecule has 0 aromatic carbocycles. The smallest absolute Gasteiger partial charge is 0.319 e. The van der Waals surface area contributed by atoms with Crippen LogP contribution in [0.3, 0.4) is 0 Å². The number of aromatic nitrogens is 3. The molecule has 0 unspecified atom stereocenters. The number of aryl methyl sites for hydroxylation is 2. The molecular weight excluding hydrogens is 268 g/mol. The van der Waals surface area contributed by atoms with Crippen LogP contribution in [0.1, 0.15) is 30.9 Å². The lowest BCUT2D eigenvalue weighted by Gasteiger charge is -2.23. The highest BCUT2D eigenvalue weighted by Gasteiger charge is 2.17. The molecule has 2 rings (SSSR count). The SMILES string of the molecule is COC(=O)CN(Cc1cn2c(C)cc(C)nc2n1)C(C)C. The monoisotopic (exact) mass is 290 g/mol. The Kier molecular flexibility index (Phi) is 4.57. The molecule has 6 heteroatoms. The minimum Gasteiger partial charge on any atom is -0.468 e. The number of fused-ring (bicyclic) bond motifs is 1. The van der Waals surface area contributed by atoms with E-state index in [9.17, 15) is 4.79 Å². The van der Waals surface area contributed by atoms with Crippen molar-refractivity contribution < 1.29 is 9.53 Å². The molecule has 114 valence electrons. The molecule has 0 spiro atoms. The molecule has 0 fully saturated rings. The van der Waals surface area contributed by atoms with E-state index in [0.29, 0.717) is 12.3 Å². The van der Waals surface area contributed by atoms with E-state index in [1.807, 2.05) is 49.3 Å². The first-order chi connectivity index (χ1) is 9.90. The van der Waals surface area contributed by atoms with E-state index in [-0.39, 0.29) is 18.6 Å². The fraction of sp³-hybridized carbons (Fsp3) is 0.533. The van der Waals surface area contributed by atoms with Crippen LogP contribution >= 0.6 is 0 Å². The number of esters is 1. The van der Waals surface area contributed by atoms with E-state index in [1.165, 1.54) is 7.11 Å². The fourth-order valence-corrected chi connectivity index (χ4v) is 2.25. The van der Waals surface area contributed by atoms with Crippen LogP contribution in [0.15, 0.2) is 12.3 Å². The predicted molar refractivity (Wildman–Crippen MR) is 80.0 cm³/mol. The second-order valence-corrected chi connectivity index (χ2v) is 5.52. The highest BCUT2D eigenvalue weighted by atomic mass is 16.5. The number of nitrogens with zero attached hydrogens (tertiary/aromatic N) is 4. The number of methoxy groups -OCH3 is 1. The molecule has 0 aliphatic carbocycles. The van der Waals surface area contributed by atoms with Gasteiger partial charge < -0.3 is 4.74 Å². The van der Waals surface area contributed by atoms with Gasteiger partial charge in [0.15, 0.2) is 0 Å². The second kappa shape index (κ2) is 6.22. The molecule has 21 heavy (non-hydrogen) atoms. The maximum absolute atomic E-state index is 11.5. The first-order valence-corrected chi connectivity index (χ1v) is 7.03. The van der Waals surface area contributed by atoms with Crippen LogP contribution in [-0.4, -0.2) is 44.9 Å². The molecule has 0 bridgehead atoms. The lowest BCUT2D eigenvalue weighted by atomic mass is 10.3. The third-order valence-electron chi connectivity index (χ3n) is 3.47. The number of imidazole rings is 1. The minimum atomic E-state index is -0.238. The van der Waals surface area contributed by atoms with E-state index in [4.69, 9.17) is 4.74 Å². The number of hydrogen-bond donors (Lipinski definition) is 0. The molecule has 0 N–H and O–H groups in total. The maximum atomic E-state index is 11.5. The van der Waals surface area contributed by atoms with Crippen LogP contribution in [0.25, 0.3) is 5.78 Å². The Labute approximate surface area is 124 Å². The first kappa shape index (κ1) is 15.4. The number of carbonyl (C=O) groups is 1. The second-order valence-electron chi connectivity index (χ2n) is 5.52. The van der Waals surface area contributed by atoms with Crippen LogP contribution in [0, 0.1) is 13.8 Å². The Morgan fingerprint density at radius 3 is 2.71 bits per heavy atom. The predicted octanol–water partition coefficient (Wildman–Crippen LogP) is 1.73. The number of ether oxygens (including phenoxy) is 1. The molecule has 2 heterocycles. The largest absolute Gasteiger partial charge is 0.468 e. The van der Waals surface area contributed by atoms with Gasteiger partial charge in [0.05, 0.1) is 19.3 Å². The Morgan fingerprint density at radius 2 is 2.10 bits per heavy atom. The van der Waals surface area contributed by atoms with E-state index in [0.717, 1.165) is 17.1 Å². The van der Waals surface area contributed by atoms with E-state index in [1.54, 1.807) is 0 Å². The van der Waals surface area contributed by atoms with Gasteiger partial charge in [0, 0.05) is 30.2 Å². The van der Waals surface area contributed by atoms with Crippen molar-refractivity contribution in [1.82, 2.24) is 19.3 Å². The van der Waals surface area contributed by atoms with Crippen molar-refractivity contribution in [3.05, 3.63) is 29.3 Å². The van der Waals surface area contributed by atoms with Crippen molar-refractivity contribution in [2.24, 2.45) is 0 Å². The van der Waals surface area contributed by atoms with Crippen molar-refractivity contribution >= 4 is 11.7 Å². The molecule has 0 aliphatic heterocycles. The number of rotatable bonds is 5. The van der Waals surface area contributed by atoms with Crippen molar-refractivity contribution in [1.29, 1.82) is 0 Å². The van der Waals surface area contributed by atoms with Gasteiger partial charge in [0.2, 0.25) is 5.78 Å². The molecule has 0 radical (unpaired) electrons. The molecular formula is C15H22N4O2. The van der Waals surface area contributed by atoms with Crippen molar-refractivity contribution in [3.8, 4) is 0 Å². The molecule has 0 amide bonds. The van der Waals surface area contributed by atoms with Gasteiger partial charge in [-0.15, -0.1) is 0 Å². The van der Waals surface area contributed by atoms with Gasteiger partial charge in [0.1, 0.15) is 0 Å². The van der Waals surface area contributed by atoms with Gasteiger partial charge in [-0.1, -0.05) is 0 Å². The molecule has 6 nitrogen and oxygen atoms in total. The van der Waals surface area contributed by atoms with Crippen LogP contribution in [-0.2, 0) is 16.1 Å². The summed E-state index contributed by atoms with van der Waals surface area (Å²) in [5.41, 5.74) is 2.95. The standard InChI is InChI=1S/C15H22N4O2/c1-10(2)18(9-14(20)21-5)7-13-8-19-12(4)6-11(3)16-15(19)17-13/h6,8,10H,7,9H2,1-5H3. The zero-order valence-electron chi connectivity index (χ0n) is 13.3. The lowest BCUT2D eigenvalue weighted by molar-refractivity contribution is -0.142. The van der Waals surface area contributed by atoms with Crippen molar-refractivity contribution in [2.45, 2.75) is 40.3 Å². The lowest BCUT2D eigenvalue weighted by Crippen LogP contribution is -2.35. The average molecular weight is 290 g/mol. The van der Waals surface area contributed by atoms with Crippen LogP contribution in [0.2, 0.25) is 0 Å². The van der Waals surface area contributed by atoms with E-state index < -0.39 is 0 Å². The van der Waals surface area contributed by atoms with E-state index in [2.05, 4.69) is 9.97 Å². The van der Waals surface area contributed by atoms with Gasteiger partial charge in [-0.05, 0) is 33.8 Å². The van der Waals surface area contributed by atoms with Crippen molar-refractivity contribution in [2.75, 3.05) is 13.7 Å². The highest BCUT2D eigenvalue weighted by molar-refractivity contribution is 5.71. The zero-order valence-corrected chi connectivity index (χ0v) is 13.3. The fourth-order valence-electron chi connectivity index (χ4n) is 2.25. The van der Waals surface area contributed by atoms with Gasteiger partial charge >= 0.3 is 5.97 Å². The molecule has 2 aromatic rings. The minimum absolute atomic E-state index is 0.227. The van der Waals surface area contributed by atoms with Gasteiger partial charge in [-0.3, -0.25) is 14.1 Å². The summed E-state index contributed by atoms with van der Waals surface area (Å²) in [5.74, 6) is 0.460.